The topological polar surface area (TPSA) is 87.5 Å². The summed E-state index contributed by atoms with van der Waals surface area (Å²) in [4.78, 5) is 24.7. The lowest BCUT2D eigenvalue weighted by Crippen LogP contribution is -2.47. The van der Waals surface area contributed by atoms with E-state index >= 15 is 0 Å². The Morgan fingerprint density at radius 3 is 2.45 bits per heavy atom. The first-order chi connectivity index (χ1) is 9.63. The summed E-state index contributed by atoms with van der Waals surface area (Å²) in [6, 6.07) is 9.28. The summed E-state index contributed by atoms with van der Waals surface area (Å²) in [6.45, 7) is 1.85. The minimum Gasteiger partial charge on any atom is -0.369 e. The van der Waals surface area contributed by atoms with Crippen LogP contribution < -0.4 is 16.4 Å². The monoisotopic (exact) mass is 276 g/mol. The number of hydrogen-bond donors (Lipinski definition) is 3. The minimum atomic E-state index is -0.307. The van der Waals surface area contributed by atoms with E-state index < -0.39 is 0 Å². The summed E-state index contributed by atoms with van der Waals surface area (Å²) in [5, 5.41) is 5.74. The Labute approximate surface area is 118 Å². The van der Waals surface area contributed by atoms with Gasteiger partial charge >= 0.3 is 6.03 Å². The van der Waals surface area contributed by atoms with Crippen LogP contribution in [0.1, 0.15) is 12.8 Å². The van der Waals surface area contributed by atoms with E-state index in [1.54, 1.807) is 0 Å². The van der Waals surface area contributed by atoms with E-state index in [2.05, 4.69) is 10.6 Å². The summed E-state index contributed by atoms with van der Waals surface area (Å²) in [6.07, 6.45) is 1.66. The fourth-order valence-corrected chi connectivity index (χ4v) is 2.33. The molecule has 1 aromatic rings. The summed E-state index contributed by atoms with van der Waals surface area (Å²) < 4.78 is 0. The van der Waals surface area contributed by atoms with Crippen LogP contribution >= 0.6 is 0 Å². The molecule has 0 bridgehead atoms. The second-order valence-electron chi connectivity index (χ2n) is 4.98. The first-order valence-electron chi connectivity index (χ1n) is 6.77. The molecule has 2 rings (SSSR count). The van der Waals surface area contributed by atoms with Gasteiger partial charge in [0.25, 0.3) is 0 Å². The molecule has 0 atom stereocenters. The Kier molecular flexibility index (Phi) is 4.95. The van der Waals surface area contributed by atoms with Crippen LogP contribution in [0.3, 0.4) is 0 Å². The normalized spacial score (nSPS) is 16.6. The third kappa shape index (κ3) is 4.55. The quantitative estimate of drug-likeness (QED) is 0.758. The van der Waals surface area contributed by atoms with Gasteiger partial charge in [-0.15, -0.1) is 0 Å². The molecule has 4 N–H and O–H groups in total. The van der Waals surface area contributed by atoms with Crippen molar-refractivity contribution >= 4 is 17.6 Å². The molecule has 20 heavy (non-hydrogen) atoms. The molecule has 1 aromatic carbocycles. The Balaban J connectivity index is 1.72. The van der Waals surface area contributed by atoms with Gasteiger partial charge in [0.15, 0.2) is 0 Å². The number of anilines is 1. The van der Waals surface area contributed by atoms with Gasteiger partial charge in [0.05, 0.1) is 6.54 Å². The van der Waals surface area contributed by atoms with E-state index in [-0.39, 0.29) is 18.0 Å². The predicted molar refractivity (Wildman–Crippen MR) is 77.3 cm³/mol. The van der Waals surface area contributed by atoms with Gasteiger partial charge in [-0.3, -0.25) is 9.69 Å². The van der Waals surface area contributed by atoms with Crippen molar-refractivity contribution in [2.45, 2.75) is 18.9 Å². The second-order valence-corrected chi connectivity index (χ2v) is 4.98. The lowest BCUT2D eigenvalue weighted by Gasteiger charge is -2.31. The molecule has 0 saturated carbocycles. The number of primary amides is 1. The number of likely N-dealkylation sites (tertiary alicyclic amines) is 1. The fourth-order valence-electron chi connectivity index (χ4n) is 2.33. The number of nitrogens with two attached hydrogens (primary N) is 1. The van der Waals surface area contributed by atoms with E-state index in [1.165, 1.54) is 0 Å². The maximum absolute atomic E-state index is 11.8. The Morgan fingerprint density at radius 2 is 1.85 bits per heavy atom. The second kappa shape index (κ2) is 6.91. The van der Waals surface area contributed by atoms with Gasteiger partial charge in [0, 0.05) is 24.8 Å². The number of nitrogens with zero attached hydrogens (tertiary/aromatic N) is 1. The maximum atomic E-state index is 11.8. The summed E-state index contributed by atoms with van der Waals surface area (Å²) >= 11 is 0. The van der Waals surface area contributed by atoms with Gasteiger partial charge in [-0.05, 0) is 25.0 Å². The van der Waals surface area contributed by atoms with Gasteiger partial charge in [0.1, 0.15) is 0 Å². The molecular weight excluding hydrogens is 256 g/mol. The summed E-state index contributed by atoms with van der Waals surface area (Å²) in [7, 11) is 0. The zero-order valence-electron chi connectivity index (χ0n) is 11.3. The van der Waals surface area contributed by atoms with E-state index in [0.717, 1.165) is 31.6 Å². The first-order valence-corrected chi connectivity index (χ1v) is 6.77. The number of amides is 3. The average molecular weight is 276 g/mol. The molecule has 0 aliphatic carbocycles. The van der Waals surface area contributed by atoms with Crippen LogP contribution in [-0.2, 0) is 4.79 Å². The van der Waals surface area contributed by atoms with Crippen LogP contribution in [0.25, 0.3) is 0 Å². The van der Waals surface area contributed by atoms with Crippen molar-refractivity contribution in [2.24, 2.45) is 5.73 Å². The van der Waals surface area contributed by atoms with Crippen LogP contribution in [0.4, 0.5) is 10.5 Å². The van der Waals surface area contributed by atoms with E-state index in [4.69, 9.17) is 5.73 Å². The van der Waals surface area contributed by atoms with Crippen LogP contribution in [0.15, 0.2) is 30.3 Å². The number of hydrogen-bond acceptors (Lipinski definition) is 3. The molecule has 6 nitrogen and oxygen atoms in total. The van der Waals surface area contributed by atoms with Crippen molar-refractivity contribution in [3.8, 4) is 0 Å². The van der Waals surface area contributed by atoms with E-state index in [0.29, 0.717) is 6.54 Å². The zero-order valence-corrected chi connectivity index (χ0v) is 11.3. The van der Waals surface area contributed by atoms with Crippen molar-refractivity contribution in [1.29, 1.82) is 0 Å². The summed E-state index contributed by atoms with van der Waals surface area (Å²) in [5.74, 6) is -0.307. The van der Waals surface area contributed by atoms with Crippen molar-refractivity contribution in [2.75, 3.05) is 25.0 Å². The molecule has 108 valence electrons. The Hall–Kier alpha value is -2.08. The van der Waals surface area contributed by atoms with Crippen LogP contribution in [0, 0.1) is 0 Å². The zero-order chi connectivity index (χ0) is 14.4. The highest BCUT2D eigenvalue weighted by Crippen LogP contribution is 2.10. The third-order valence-corrected chi connectivity index (χ3v) is 3.33. The average Bonchev–Trinajstić information content (AvgIpc) is 2.41. The molecule has 0 radical (unpaired) electrons. The van der Waals surface area contributed by atoms with Gasteiger partial charge in [-0.1, -0.05) is 18.2 Å². The molecule has 1 fully saturated rings. The highest BCUT2D eigenvalue weighted by molar-refractivity contribution is 5.89. The van der Waals surface area contributed by atoms with Crippen molar-refractivity contribution < 1.29 is 9.59 Å². The van der Waals surface area contributed by atoms with Gasteiger partial charge in [-0.25, -0.2) is 4.79 Å². The minimum absolute atomic E-state index is 0.142. The van der Waals surface area contributed by atoms with Crippen LogP contribution in [-0.4, -0.2) is 42.5 Å². The number of rotatable bonds is 4. The Bertz CT molecular complexity index is 456. The SMILES string of the molecule is NC(=O)CN1CCC(NC(=O)Nc2ccccc2)CC1. The predicted octanol–water partition coefficient (Wildman–Crippen LogP) is 0.758. The highest BCUT2D eigenvalue weighted by atomic mass is 16.2. The molecule has 3 amide bonds. The molecule has 0 spiro atoms. The lowest BCUT2D eigenvalue weighted by molar-refractivity contribution is -0.119. The van der Waals surface area contributed by atoms with Gasteiger partial charge in [-0.2, -0.15) is 0 Å². The molecule has 1 saturated heterocycles. The number of urea groups is 1. The summed E-state index contributed by atoms with van der Waals surface area (Å²) in [5.41, 5.74) is 5.94. The van der Waals surface area contributed by atoms with Crippen molar-refractivity contribution in [3.05, 3.63) is 30.3 Å². The van der Waals surface area contributed by atoms with Crippen LogP contribution in [0.2, 0.25) is 0 Å². The standard InChI is InChI=1S/C14H20N4O2/c15-13(19)10-18-8-6-12(7-9-18)17-14(20)16-11-4-2-1-3-5-11/h1-5,12H,6-10H2,(H2,15,19)(H2,16,17,20). The fraction of sp³-hybridized carbons (Fsp3) is 0.429. The van der Waals surface area contributed by atoms with E-state index in [9.17, 15) is 9.59 Å². The first kappa shape index (κ1) is 14.3. The molecule has 6 heteroatoms. The molecule has 1 aliphatic heterocycles. The smallest absolute Gasteiger partial charge is 0.319 e. The number of benzene rings is 1. The third-order valence-electron chi connectivity index (χ3n) is 3.33. The number of piperidine rings is 1. The largest absolute Gasteiger partial charge is 0.369 e. The molecule has 0 unspecified atom stereocenters. The molecular formula is C14H20N4O2. The van der Waals surface area contributed by atoms with Crippen LogP contribution in [0.5, 0.6) is 0 Å². The highest BCUT2D eigenvalue weighted by Gasteiger charge is 2.21. The van der Waals surface area contributed by atoms with E-state index in [1.807, 2.05) is 35.2 Å². The number of carbonyl (C=O) groups excluding carboxylic acids is 2. The van der Waals surface area contributed by atoms with Crippen molar-refractivity contribution in [1.82, 2.24) is 10.2 Å². The molecule has 1 aliphatic rings. The molecule has 1 heterocycles. The van der Waals surface area contributed by atoms with Crippen molar-refractivity contribution in [3.63, 3.8) is 0 Å². The van der Waals surface area contributed by atoms with Gasteiger partial charge < -0.3 is 16.4 Å². The molecule has 0 aromatic heterocycles. The van der Waals surface area contributed by atoms with Gasteiger partial charge in [0.2, 0.25) is 5.91 Å². The lowest BCUT2D eigenvalue weighted by atomic mass is 10.1. The Morgan fingerprint density at radius 1 is 1.20 bits per heavy atom. The maximum Gasteiger partial charge on any atom is 0.319 e. The number of nitrogens with one attached hydrogen (secondary N) is 2. The number of carbonyl (C=O) groups is 2. The number of para-hydroxylation sites is 1.